The monoisotopic (exact) mass is 185 g/mol. The summed E-state index contributed by atoms with van der Waals surface area (Å²) in [7, 11) is 0. The zero-order valence-electron chi connectivity index (χ0n) is 8.97. The number of rotatable bonds is 8. The quantitative estimate of drug-likeness (QED) is 0.344. The fourth-order valence-electron chi connectivity index (χ4n) is 1.29. The predicted octanol–water partition coefficient (Wildman–Crippen LogP) is 1.82. The van der Waals surface area contributed by atoms with Crippen LogP contribution in [0, 0.1) is 5.41 Å². The van der Waals surface area contributed by atoms with Crippen LogP contribution in [0.5, 0.6) is 0 Å². The standard InChI is InChI=1S/C10H23N3/c1-3-5-6-8-13(4-2)9-7-10(11)12/h3-9H2,1-2H3,(H3,11,12). The molecule has 3 N–H and O–H groups in total. The highest BCUT2D eigenvalue weighted by Crippen LogP contribution is 1.98. The van der Waals surface area contributed by atoms with E-state index in [2.05, 4.69) is 18.7 Å². The molecular formula is C10H23N3. The first-order valence-corrected chi connectivity index (χ1v) is 5.26. The molecule has 0 aliphatic heterocycles. The molecule has 0 rings (SSSR count). The van der Waals surface area contributed by atoms with Gasteiger partial charge in [0.05, 0.1) is 5.84 Å². The van der Waals surface area contributed by atoms with Crippen LogP contribution in [0.3, 0.4) is 0 Å². The van der Waals surface area contributed by atoms with Gasteiger partial charge in [0.2, 0.25) is 0 Å². The normalized spacial score (nSPS) is 10.7. The van der Waals surface area contributed by atoms with Crippen LogP contribution in [0.15, 0.2) is 0 Å². The Hall–Kier alpha value is -0.570. The van der Waals surface area contributed by atoms with Crippen LogP contribution in [0.1, 0.15) is 39.5 Å². The molecule has 78 valence electrons. The van der Waals surface area contributed by atoms with E-state index in [1.165, 1.54) is 19.3 Å². The molecule has 0 aromatic rings. The minimum atomic E-state index is 0.300. The summed E-state index contributed by atoms with van der Waals surface area (Å²) in [5.41, 5.74) is 5.31. The van der Waals surface area contributed by atoms with Gasteiger partial charge in [-0.05, 0) is 19.5 Å². The third-order valence-corrected chi connectivity index (χ3v) is 2.22. The average Bonchev–Trinajstić information content (AvgIpc) is 2.10. The number of nitrogens with two attached hydrogens (primary N) is 1. The van der Waals surface area contributed by atoms with Gasteiger partial charge in [0.15, 0.2) is 0 Å². The van der Waals surface area contributed by atoms with Gasteiger partial charge in [-0.25, -0.2) is 0 Å². The van der Waals surface area contributed by atoms with Crippen LogP contribution < -0.4 is 5.73 Å². The molecule has 0 aliphatic carbocycles. The number of nitrogens with zero attached hydrogens (tertiary/aromatic N) is 1. The maximum atomic E-state index is 7.13. The third-order valence-electron chi connectivity index (χ3n) is 2.22. The molecule has 0 saturated heterocycles. The molecule has 0 bridgehead atoms. The van der Waals surface area contributed by atoms with Gasteiger partial charge >= 0.3 is 0 Å². The lowest BCUT2D eigenvalue weighted by molar-refractivity contribution is 0.289. The lowest BCUT2D eigenvalue weighted by Crippen LogP contribution is -2.28. The number of hydrogen-bond donors (Lipinski definition) is 2. The van der Waals surface area contributed by atoms with Gasteiger partial charge in [-0.2, -0.15) is 0 Å². The summed E-state index contributed by atoms with van der Waals surface area (Å²) in [5.74, 6) is 0.300. The Bertz CT molecular complexity index is 134. The van der Waals surface area contributed by atoms with Crippen LogP contribution in [0.4, 0.5) is 0 Å². The molecule has 0 aromatic carbocycles. The first-order chi connectivity index (χ1) is 6.20. The van der Waals surface area contributed by atoms with Gasteiger partial charge in [0.1, 0.15) is 0 Å². The molecular weight excluding hydrogens is 162 g/mol. The zero-order chi connectivity index (χ0) is 10.1. The molecule has 13 heavy (non-hydrogen) atoms. The highest BCUT2D eigenvalue weighted by Gasteiger charge is 2.01. The summed E-state index contributed by atoms with van der Waals surface area (Å²) < 4.78 is 0. The van der Waals surface area contributed by atoms with Crippen molar-refractivity contribution < 1.29 is 0 Å². The molecule has 0 unspecified atom stereocenters. The number of nitrogens with one attached hydrogen (secondary N) is 1. The van der Waals surface area contributed by atoms with Gasteiger partial charge in [0, 0.05) is 13.0 Å². The molecule has 0 spiro atoms. The Morgan fingerprint density at radius 1 is 1.23 bits per heavy atom. The average molecular weight is 185 g/mol. The van der Waals surface area contributed by atoms with Crippen molar-refractivity contribution in [2.45, 2.75) is 39.5 Å². The SMILES string of the molecule is CCCCCN(CC)CCC(=N)N. The Labute approximate surface area is 81.8 Å². The third kappa shape index (κ3) is 7.78. The van der Waals surface area contributed by atoms with Crippen molar-refractivity contribution in [3.8, 4) is 0 Å². The smallest absolute Gasteiger partial charge is 0.0918 e. The lowest BCUT2D eigenvalue weighted by Gasteiger charge is -2.19. The summed E-state index contributed by atoms with van der Waals surface area (Å²) in [6.07, 6.45) is 4.54. The fourth-order valence-corrected chi connectivity index (χ4v) is 1.29. The van der Waals surface area contributed by atoms with Gasteiger partial charge < -0.3 is 10.6 Å². The van der Waals surface area contributed by atoms with E-state index in [-0.39, 0.29) is 0 Å². The van der Waals surface area contributed by atoms with Crippen molar-refractivity contribution in [1.82, 2.24) is 4.90 Å². The molecule has 0 radical (unpaired) electrons. The van der Waals surface area contributed by atoms with E-state index in [1.54, 1.807) is 0 Å². The molecule has 0 fully saturated rings. The van der Waals surface area contributed by atoms with E-state index in [0.717, 1.165) is 19.6 Å². The van der Waals surface area contributed by atoms with E-state index in [1.807, 2.05) is 0 Å². The Kier molecular flexibility index (Phi) is 7.69. The highest BCUT2D eigenvalue weighted by molar-refractivity contribution is 5.76. The molecule has 3 heteroatoms. The van der Waals surface area contributed by atoms with Crippen molar-refractivity contribution in [2.75, 3.05) is 19.6 Å². The zero-order valence-corrected chi connectivity index (χ0v) is 8.97. The molecule has 3 nitrogen and oxygen atoms in total. The van der Waals surface area contributed by atoms with Crippen molar-refractivity contribution in [3.05, 3.63) is 0 Å². The molecule has 0 saturated carbocycles. The maximum Gasteiger partial charge on any atom is 0.0918 e. The number of amidine groups is 1. The van der Waals surface area contributed by atoms with Gasteiger partial charge in [-0.1, -0.05) is 26.7 Å². The van der Waals surface area contributed by atoms with Crippen LogP contribution in [-0.4, -0.2) is 30.4 Å². The Morgan fingerprint density at radius 2 is 1.92 bits per heavy atom. The lowest BCUT2D eigenvalue weighted by atomic mass is 10.2. The number of unbranched alkanes of at least 4 members (excludes halogenated alkanes) is 2. The molecule has 0 heterocycles. The van der Waals surface area contributed by atoms with Crippen molar-refractivity contribution >= 4 is 5.84 Å². The van der Waals surface area contributed by atoms with E-state index < -0.39 is 0 Å². The number of hydrogen-bond acceptors (Lipinski definition) is 2. The predicted molar refractivity (Wildman–Crippen MR) is 58.2 cm³/mol. The molecule has 0 aromatic heterocycles. The van der Waals surface area contributed by atoms with E-state index in [4.69, 9.17) is 11.1 Å². The van der Waals surface area contributed by atoms with E-state index in [9.17, 15) is 0 Å². The van der Waals surface area contributed by atoms with Gasteiger partial charge in [-0.3, -0.25) is 5.41 Å². The van der Waals surface area contributed by atoms with Crippen molar-refractivity contribution in [2.24, 2.45) is 5.73 Å². The van der Waals surface area contributed by atoms with Crippen LogP contribution in [0.25, 0.3) is 0 Å². The van der Waals surface area contributed by atoms with Crippen molar-refractivity contribution in [1.29, 1.82) is 5.41 Å². The fraction of sp³-hybridized carbons (Fsp3) is 0.900. The second-order valence-electron chi connectivity index (χ2n) is 3.42. The largest absolute Gasteiger partial charge is 0.388 e. The topological polar surface area (TPSA) is 53.1 Å². The molecule has 0 atom stereocenters. The Balaban J connectivity index is 3.45. The summed E-state index contributed by atoms with van der Waals surface area (Å²) in [4.78, 5) is 2.36. The van der Waals surface area contributed by atoms with Crippen LogP contribution in [0.2, 0.25) is 0 Å². The molecule has 0 aliphatic rings. The summed E-state index contributed by atoms with van der Waals surface area (Å²) in [5, 5.41) is 7.13. The second-order valence-corrected chi connectivity index (χ2v) is 3.42. The van der Waals surface area contributed by atoms with E-state index >= 15 is 0 Å². The Morgan fingerprint density at radius 3 is 2.38 bits per heavy atom. The van der Waals surface area contributed by atoms with Crippen molar-refractivity contribution in [3.63, 3.8) is 0 Å². The summed E-state index contributed by atoms with van der Waals surface area (Å²) in [6, 6.07) is 0. The second kappa shape index (κ2) is 8.05. The summed E-state index contributed by atoms with van der Waals surface area (Å²) >= 11 is 0. The van der Waals surface area contributed by atoms with Crippen LogP contribution >= 0.6 is 0 Å². The van der Waals surface area contributed by atoms with Gasteiger partial charge in [-0.15, -0.1) is 0 Å². The van der Waals surface area contributed by atoms with Gasteiger partial charge in [0.25, 0.3) is 0 Å². The molecule has 0 amide bonds. The minimum Gasteiger partial charge on any atom is -0.388 e. The highest BCUT2D eigenvalue weighted by atomic mass is 15.1. The first kappa shape index (κ1) is 12.4. The summed E-state index contributed by atoms with van der Waals surface area (Å²) in [6.45, 7) is 7.53. The first-order valence-electron chi connectivity index (χ1n) is 5.26. The van der Waals surface area contributed by atoms with Crippen LogP contribution in [-0.2, 0) is 0 Å². The minimum absolute atomic E-state index is 0.300. The van der Waals surface area contributed by atoms with E-state index in [0.29, 0.717) is 12.3 Å². The maximum absolute atomic E-state index is 7.13.